The van der Waals surface area contributed by atoms with E-state index in [1.54, 1.807) is 11.0 Å². The van der Waals surface area contributed by atoms with E-state index in [0.717, 1.165) is 0 Å². The van der Waals surface area contributed by atoms with Gasteiger partial charge >= 0.3 is 0 Å². The molecule has 8 heteroatoms. The molecule has 1 aliphatic heterocycles. The van der Waals surface area contributed by atoms with Gasteiger partial charge in [0.2, 0.25) is 5.92 Å². The minimum atomic E-state index is -2.64. The number of halogens is 3. The number of primary amides is 1. The van der Waals surface area contributed by atoms with Gasteiger partial charge < -0.3 is 10.6 Å². The molecule has 2 N–H and O–H groups in total. The fourth-order valence-corrected chi connectivity index (χ4v) is 2.48. The van der Waals surface area contributed by atoms with Crippen LogP contribution in [0, 0.1) is 3.70 Å². The number of aromatic nitrogens is 2. The number of hydrogen-bond acceptors (Lipinski definition) is 4. The Labute approximate surface area is 122 Å². The third kappa shape index (κ3) is 3.48. The highest BCUT2D eigenvalue weighted by atomic mass is 127. The van der Waals surface area contributed by atoms with Gasteiger partial charge in [0.15, 0.2) is 5.69 Å². The van der Waals surface area contributed by atoms with Crippen molar-refractivity contribution in [2.24, 2.45) is 5.73 Å². The number of nitrogens with zero attached hydrogens (tertiary/aromatic N) is 3. The smallest absolute Gasteiger partial charge is 0.271 e. The van der Waals surface area contributed by atoms with Crippen molar-refractivity contribution >= 4 is 34.2 Å². The van der Waals surface area contributed by atoms with E-state index < -0.39 is 11.8 Å². The molecule has 0 radical (unpaired) electrons. The van der Waals surface area contributed by atoms with Crippen LogP contribution in [-0.4, -0.2) is 35.1 Å². The first-order valence-electron chi connectivity index (χ1n) is 5.85. The predicted octanol–water partition coefficient (Wildman–Crippen LogP) is 1.81. The van der Waals surface area contributed by atoms with E-state index in [9.17, 15) is 13.6 Å². The number of carbonyl (C=O) groups is 1. The van der Waals surface area contributed by atoms with Crippen molar-refractivity contribution in [3.63, 3.8) is 0 Å². The molecule has 2 heterocycles. The van der Waals surface area contributed by atoms with Gasteiger partial charge in [0.05, 0.1) is 5.69 Å². The van der Waals surface area contributed by atoms with E-state index in [1.807, 2.05) is 22.6 Å². The van der Waals surface area contributed by atoms with Crippen molar-refractivity contribution in [2.75, 3.05) is 18.0 Å². The molecule has 0 aromatic carbocycles. The molecule has 2 rings (SSSR count). The number of carbonyl (C=O) groups excluding carboxylic acids is 1. The molecule has 1 aliphatic rings. The number of anilines is 1. The molecule has 19 heavy (non-hydrogen) atoms. The van der Waals surface area contributed by atoms with Crippen LogP contribution >= 0.6 is 22.6 Å². The summed E-state index contributed by atoms with van der Waals surface area (Å²) in [7, 11) is 0. The van der Waals surface area contributed by atoms with E-state index >= 15 is 0 Å². The molecule has 0 atom stereocenters. The third-order valence-electron chi connectivity index (χ3n) is 3.04. The summed E-state index contributed by atoms with van der Waals surface area (Å²) >= 11 is 1.96. The van der Waals surface area contributed by atoms with Crippen molar-refractivity contribution < 1.29 is 13.6 Å². The van der Waals surface area contributed by atoms with Crippen LogP contribution in [0.1, 0.15) is 29.8 Å². The van der Waals surface area contributed by atoms with Crippen LogP contribution in [0.4, 0.5) is 14.5 Å². The lowest BCUT2D eigenvalue weighted by molar-refractivity contribution is -0.0102. The molecule has 1 aromatic rings. The molecule has 0 bridgehead atoms. The molecular weight excluding hydrogens is 369 g/mol. The van der Waals surface area contributed by atoms with Crippen LogP contribution in [-0.2, 0) is 0 Å². The molecule has 0 unspecified atom stereocenters. The molecule has 0 saturated carbocycles. The van der Waals surface area contributed by atoms with Crippen LogP contribution in [0.2, 0.25) is 0 Å². The Morgan fingerprint density at radius 2 is 2.11 bits per heavy atom. The molecule has 5 nitrogen and oxygen atoms in total. The van der Waals surface area contributed by atoms with E-state index in [-0.39, 0.29) is 25.1 Å². The Balaban J connectivity index is 2.30. The van der Waals surface area contributed by atoms with Crippen molar-refractivity contribution in [1.29, 1.82) is 0 Å². The second-order valence-electron chi connectivity index (χ2n) is 4.46. The maximum atomic E-state index is 13.3. The van der Waals surface area contributed by atoms with Crippen molar-refractivity contribution in [2.45, 2.75) is 25.2 Å². The lowest BCUT2D eigenvalue weighted by atomic mass is 10.1. The standard InChI is InChI=1S/C11H13F2IN4O/c12-11(13)2-1-4-18(5-3-11)7-6-8(14)16-17-9(7)10(15)19/h6H,1-5H2,(H2,15,19). The Bertz CT molecular complexity index is 498. The third-order valence-corrected chi connectivity index (χ3v) is 3.56. The summed E-state index contributed by atoms with van der Waals surface area (Å²) in [6, 6.07) is 1.65. The van der Waals surface area contributed by atoms with Gasteiger partial charge in [-0.25, -0.2) is 8.78 Å². The first-order valence-corrected chi connectivity index (χ1v) is 6.93. The number of nitrogens with two attached hydrogens (primary N) is 1. The van der Waals surface area contributed by atoms with Crippen LogP contribution in [0.15, 0.2) is 6.07 Å². The molecule has 0 spiro atoms. The molecule has 1 fully saturated rings. The van der Waals surface area contributed by atoms with Crippen LogP contribution < -0.4 is 10.6 Å². The summed E-state index contributed by atoms with van der Waals surface area (Å²) in [6.45, 7) is 0.632. The lowest BCUT2D eigenvalue weighted by Crippen LogP contribution is -2.29. The van der Waals surface area contributed by atoms with Gasteiger partial charge in [-0.15, -0.1) is 10.2 Å². The summed E-state index contributed by atoms with van der Waals surface area (Å²) in [4.78, 5) is 13.1. The fourth-order valence-electron chi connectivity index (χ4n) is 2.08. The monoisotopic (exact) mass is 382 g/mol. The highest BCUT2D eigenvalue weighted by Crippen LogP contribution is 2.30. The molecule has 1 amide bonds. The Morgan fingerprint density at radius 3 is 2.79 bits per heavy atom. The zero-order valence-corrected chi connectivity index (χ0v) is 12.2. The second-order valence-corrected chi connectivity index (χ2v) is 5.57. The van der Waals surface area contributed by atoms with E-state index in [2.05, 4.69) is 10.2 Å². The highest BCUT2D eigenvalue weighted by molar-refractivity contribution is 14.1. The van der Waals surface area contributed by atoms with Crippen LogP contribution in [0.3, 0.4) is 0 Å². The first-order chi connectivity index (χ1) is 8.89. The number of amides is 1. The predicted molar refractivity (Wildman–Crippen MR) is 74.3 cm³/mol. The highest BCUT2D eigenvalue weighted by Gasteiger charge is 2.32. The maximum absolute atomic E-state index is 13.3. The Morgan fingerprint density at radius 1 is 1.37 bits per heavy atom. The molecule has 1 aromatic heterocycles. The van der Waals surface area contributed by atoms with Gasteiger partial charge in [-0.05, 0) is 35.1 Å². The number of hydrogen-bond donors (Lipinski definition) is 1. The summed E-state index contributed by atoms with van der Waals surface area (Å²) in [5.41, 5.74) is 5.77. The largest absolute Gasteiger partial charge is 0.369 e. The van der Waals surface area contributed by atoms with Crippen molar-refractivity contribution in [3.8, 4) is 0 Å². The Kier molecular flexibility index (Phi) is 4.16. The average molecular weight is 382 g/mol. The maximum Gasteiger partial charge on any atom is 0.271 e. The van der Waals surface area contributed by atoms with Gasteiger partial charge in [-0.3, -0.25) is 4.79 Å². The van der Waals surface area contributed by atoms with Crippen LogP contribution in [0.25, 0.3) is 0 Å². The molecule has 0 aliphatic carbocycles. The molecule has 1 saturated heterocycles. The van der Waals surface area contributed by atoms with Crippen LogP contribution in [0.5, 0.6) is 0 Å². The van der Waals surface area contributed by atoms with E-state index in [0.29, 0.717) is 22.4 Å². The number of rotatable bonds is 2. The summed E-state index contributed by atoms with van der Waals surface area (Å²) in [6.07, 6.45) is -0.000777. The zero-order valence-electron chi connectivity index (χ0n) is 10.1. The molecular formula is C11H13F2IN4O. The summed E-state index contributed by atoms with van der Waals surface area (Å²) in [5.74, 6) is -3.34. The zero-order chi connectivity index (χ0) is 14.0. The SMILES string of the molecule is NC(=O)c1nnc(I)cc1N1CCCC(F)(F)CC1. The van der Waals surface area contributed by atoms with Crippen molar-refractivity contribution in [3.05, 3.63) is 15.5 Å². The number of alkyl halides is 2. The second kappa shape index (κ2) is 5.51. The van der Waals surface area contributed by atoms with Crippen molar-refractivity contribution in [1.82, 2.24) is 10.2 Å². The summed E-state index contributed by atoms with van der Waals surface area (Å²) < 4.78 is 27.3. The van der Waals surface area contributed by atoms with E-state index in [4.69, 9.17) is 5.73 Å². The quantitative estimate of drug-likeness (QED) is 0.793. The summed E-state index contributed by atoms with van der Waals surface area (Å²) in [5, 5.41) is 7.53. The normalized spacial score (nSPS) is 19.0. The van der Waals surface area contributed by atoms with E-state index in [1.165, 1.54) is 0 Å². The van der Waals surface area contributed by atoms with Gasteiger partial charge in [0.25, 0.3) is 5.91 Å². The van der Waals surface area contributed by atoms with Gasteiger partial charge in [0.1, 0.15) is 3.70 Å². The fraction of sp³-hybridized carbons (Fsp3) is 0.545. The first kappa shape index (κ1) is 14.4. The van der Waals surface area contributed by atoms with Gasteiger partial charge in [-0.1, -0.05) is 0 Å². The minimum absolute atomic E-state index is 0.0330. The molecule has 104 valence electrons. The van der Waals surface area contributed by atoms with Gasteiger partial charge in [-0.2, -0.15) is 0 Å². The Hall–Kier alpha value is -1.06. The minimum Gasteiger partial charge on any atom is -0.369 e. The topological polar surface area (TPSA) is 72.1 Å². The average Bonchev–Trinajstić information content (AvgIpc) is 2.49. The van der Waals surface area contributed by atoms with Gasteiger partial charge in [0, 0.05) is 25.9 Å². The lowest BCUT2D eigenvalue weighted by Gasteiger charge is -2.23.